The van der Waals surface area contributed by atoms with E-state index in [0.29, 0.717) is 43.3 Å². The number of nitrogens with two attached hydrogens (primary N) is 1. The van der Waals surface area contributed by atoms with Crippen molar-refractivity contribution >= 4 is 51.0 Å². The first-order valence-corrected chi connectivity index (χ1v) is 12.3. The summed E-state index contributed by atoms with van der Waals surface area (Å²) < 4.78 is 6.83. The quantitative estimate of drug-likeness (QED) is 0.276. The Bertz CT molecular complexity index is 1450. The third kappa shape index (κ3) is 4.74. The van der Waals surface area contributed by atoms with Crippen LogP contribution in [0.2, 0.25) is 5.02 Å². The number of pyridine rings is 1. The van der Waals surface area contributed by atoms with E-state index in [2.05, 4.69) is 20.9 Å². The number of nitrogen functional groups attached to an aromatic ring is 1. The van der Waals surface area contributed by atoms with E-state index in [0.717, 1.165) is 33.1 Å². The zero-order chi connectivity index (χ0) is 25.2. The van der Waals surface area contributed by atoms with Crippen molar-refractivity contribution in [3.63, 3.8) is 0 Å². The Morgan fingerprint density at radius 2 is 2.08 bits per heavy atom. The molecule has 3 N–H and O–H groups in total. The number of carbonyl (C=O) groups is 2. The average molecular weight is 506 g/mol. The van der Waals surface area contributed by atoms with Crippen LogP contribution in [0.1, 0.15) is 30.1 Å². The highest BCUT2D eigenvalue weighted by Crippen LogP contribution is 2.33. The fourth-order valence-electron chi connectivity index (χ4n) is 4.93. The molecule has 9 heteroatoms. The van der Waals surface area contributed by atoms with Gasteiger partial charge in [-0.1, -0.05) is 23.7 Å². The van der Waals surface area contributed by atoms with E-state index in [4.69, 9.17) is 22.1 Å². The lowest BCUT2D eigenvalue weighted by Crippen LogP contribution is -2.29. The smallest absolute Gasteiger partial charge is 0.306 e. The molecule has 1 amide bonds. The number of esters is 1. The number of nitrogens with one attached hydrogen (secondary N) is 1. The van der Waals surface area contributed by atoms with Crippen LogP contribution in [0.15, 0.2) is 54.7 Å². The van der Waals surface area contributed by atoms with Crippen molar-refractivity contribution < 1.29 is 14.3 Å². The molecule has 36 heavy (non-hydrogen) atoms. The van der Waals surface area contributed by atoms with Crippen molar-refractivity contribution in [3.8, 4) is 0 Å². The third-order valence-electron chi connectivity index (χ3n) is 6.72. The SMILES string of the molecule is COC(=O)CCNCc1cc2cc(Cl)ccc2n1C1CCN(Cc2ccc3c(N)ccnc3c2)C1=O. The lowest BCUT2D eigenvalue weighted by atomic mass is 10.1. The molecule has 0 radical (unpaired) electrons. The molecule has 2 aromatic heterocycles. The molecule has 8 nitrogen and oxygen atoms in total. The average Bonchev–Trinajstić information content (AvgIpc) is 3.40. The molecule has 186 valence electrons. The van der Waals surface area contributed by atoms with Crippen LogP contribution < -0.4 is 11.1 Å². The van der Waals surface area contributed by atoms with Gasteiger partial charge in [0.1, 0.15) is 6.04 Å². The number of halogens is 1. The summed E-state index contributed by atoms with van der Waals surface area (Å²) in [4.78, 5) is 31.4. The van der Waals surface area contributed by atoms with Gasteiger partial charge < -0.3 is 25.3 Å². The number of hydrogen-bond acceptors (Lipinski definition) is 6. The Balaban J connectivity index is 1.37. The van der Waals surface area contributed by atoms with E-state index in [1.165, 1.54) is 7.11 Å². The van der Waals surface area contributed by atoms with Gasteiger partial charge in [-0.05, 0) is 48.4 Å². The first-order valence-electron chi connectivity index (χ1n) is 11.9. The first kappa shape index (κ1) is 24.1. The zero-order valence-corrected chi connectivity index (χ0v) is 20.8. The van der Waals surface area contributed by atoms with E-state index in [1.807, 2.05) is 41.3 Å². The van der Waals surface area contributed by atoms with Crippen LogP contribution >= 0.6 is 11.6 Å². The summed E-state index contributed by atoms with van der Waals surface area (Å²) >= 11 is 6.25. The van der Waals surface area contributed by atoms with Crippen LogP contribution in [0.25, 0.3) is 21.8 Å². The molecular weight excluding hydrogens is 478 g/mol. The van der Waals surface area contributed by atoms with Crippen molar-refractivity contribution in [1.82, 2.24) is 19.8 Å². The molecule has 1 unspecified atom stereocenters. The number of fused-ring (bicyclic) bond motifs is 2. The molecule has 0 bridgehead atoms. The molecule has 1 aliphatic rings. The Labute approximate surface area is 214 Å². The van der Waals surface area contributed by atoms with Gasteiger partial charge in [-0.2, -0.15) is 0 Å². The zero-order valence-electron chi connectivity index (χ0n) is 20.0. The predicted molar refractivity (Wildman–Crippen MR) is 141 cm³/mol. The number of benzene rings is 2. The number of rotatable bonds is 8. The Kier molecular flexibility index (Phi) is 6.80. The van der Waals surface area contributed by atoms with Gasteiger partial charge in [0, 0.05) is 65.1 Å². The molecule has 4 aromatic rings. The molecule has 1 saturated heterocycles. The maximum Gasteiger partial charge on any atom is 0.306 e. The van der Waals surface area contributed by atoms with Crippen molar-refractivity contribution in [3.05, 3.63) is 71.0 Å². The van der Waals surface area contributed by atoms with Crippen LogP contribution in [0, 0.1) is 0 Å². The highest BCUT2D eigenvalue weighted by atomic mass is 35.5. The standard InChI is InChI=1S/C27H28ClN5O3/c1-36-26(34)7-9-30-15-20-14-18-13-19(28)3-5-24(18)33(20)25-8-11-32(27(25)35)16-17-2-4-21-22(29)6-10-31-23(21)12-17/h2-6,10,12-14,25,30H,7-9,11,15-16H2,1H3,(H2,29,31). The Hall–Kier alpha value is -3.62. The maximum absolute atomic E-state index is 13.6. The molecule has 1 fully saturated rings. The number of amides is 1. The van der Waals surface area contributed by atoms with Crippen molar-refractivity contribution in [2.24, 2.45) is 0 Å². The first-order chi connectivity index (χ1) is 17.4. The van der Waals surface area contributed by atoms with Crippen LogP contribution in [0.4, 0.5) is 5.69 Å². The summed E-state index contributed by atoms with van der Waals surface area (Å²) in [5.41, 5.74) is 10.5. The number of hydrogen-bond donors (Lipinski definition) is 2. The number of aromatic nitrogens is 2. The molecule has 5 rings (SSSR count). The molecular formula is C27H28ClN5O3. The Morgan fingerprint density at radius 1 is 1.22 bits per heavy atom. The Morgan fingerprint density at radius 3 is 2.92 bits per heavy atom. The van der Waals surface area contributed by atoms with Crippen LogP contribution in [0.3, 0.4) is 0 Å². The minimum absolute atomic E-state index is 0.0823. The largest absolute Gasteiger partial charge is 0.469 e. The highest BCUT2D eigenvalue weighted by Gasteiger charge is 2.34. The maximum atomic E-state index is 13.6. The normalized spacial score (nSPS) is 15.8. The van der Waals surface area contributed by atoms with Crippen molar-refractivity contribution in [2.75, 3.05) is 25.9 Å². The number of anilines is 1. The molecule has 0 spiro atoms. The second-order valence-electron chi connectivity index (χ2n) is 9.03. The summed E-state index contributed by atoms with van der Waals surface area (Å²) in [7, 11) is 1.38. The van der Waals surface area contributed by atoms with Gasteiger partial charge in [0.05, 0.1) is 19.0 Å². The number of ether oxygens (including phenoxy) is 1. The van der Waals surface area contributed by atoms with Gasteiger partial charge >= 0.3 is 5.97 Å². The minimum atomic E-state index is -0.310. The summed E-state index contributed by atoms with van der Waals surface area (Å²) in [6.07, 6.45) is 2.69. The summed E-state index contributed by atoms with van der Waals surface area (Å²) in [5, 5.41) is 5.84. The van der Waals surface area contributed by atoms with E-state index < -0.39 is 0 Å². The van der Waals surface area contributed by atoms with E-state index in [-0.39, 0.29) is 24.3 Å². The summed E-state index contributed by atoms with van der Waals surface area (Å²) in [5.74, 6) is -0.179. The molecule has 2 aromatic carbocycles. The summed E-state index contributed by atoms with van der Waals surface area (Å²) in [6.45, 7) is 2.18. The van der Waals surface area contributed by atoms with Gasteiger partial charge in [0.25, 0.3) is 0 Å². The molecule has 1 atom stereocenters. The van der Waals surface area contributed by atoms with Gasteiger partial charge in [-0.15, -0.1) is 0 Å². The molecule has 0 aliphatic carbocycles. The lowest BCUT2D eigenvalue weighted by molar-refractivity contribution is -0.140. The second-order valence-corrected chi connectivity index (χ2v) is 9.46. The predicted octanol–water partition coefficient (Wildman–Crippen LogP) is 4.05. The van der Waals surface area contributed by atoms with Gasteiger partial charge in [0.2, 0.25) is 5.91 Å². The van der Waals surface area contributed by atoms with Crippen molar-refractivity contribution in [1.29, 1.82) is 0 Å². The molecule has 3 heterocycles. The number of nitrogens with zero attached hydrogens (tertiary/aromatic N) is 3. The van der Waals surface area contributed by atoms with Crippen LogP contribution in [-0.2, 0) is 27.4 Å². The third-order valence-corrected chi connectivity index (χ3v) is 6.95. The van der Waals surface area contributed by atoms with Gasteiger partial charge in [0.15, 0.2) is 0 Å². The van der Waals surface area contributed by atoms with Crippen molar-refractivity contribution in [2.45, 2.75) is 32.0 Å². The van der Waals surface area contributed by atoms with E-state index in [1.54, 1.807) is 12.3 Å². The number of methoxy groups -OCH3 is 1. The van der Waals surface area contributed by atoms with Crippen LogP contribution in [0.5, 0.6) is 0 Å². The highest BCUT2D eigenvalue weighted by molar-refractivity contribution is 6.31. The molecule has 0 saturated carbocycles. The van der Waals surface area contributed by atoms with Gasteiger partial charge in [-0.25, -0.2) is 0 Å². The number of likely N-dealkylation sites (tertiary alicyclic amines) is 1. The number of carbonyl (C=O) groups excluding carboxylic acids is 2. The summed E-state index contributed by atoms with van der Waals surface area (Å²) in [6, 6.07) is 15.2. The fraction of sp³-hybridized carbons (Fsp3) is 0.296. The van der Waals surface area contributed by atoms with Gasteiger partial charge in [-0.3, -0.25) is 14.6 Å². The molecule has 1 aliphatic heterocycles. The van der Waals surface area contributed by atoms with E-state index in [9.17, 15) is 9.59 Å². The fourth-order valence-corrected chi connectivity index (χ4v) is 5.11. The van der Waals surface area contributed by atoms with E-state index >= 15 is 0 Å². The second kappa shape index (κ2) is 10.2. The lowest BCUT2D eigenvalue weighted by Gasteiger charge is -2.20. The topological polar surface area (TPSA) is 102 Å². The minimum Gasteiger partial charge on any atom is -0.469 e. The van der Waals surface area contributed by atoms with Crippen LogP contribution in [-0.4, -0.2) is 46.5 Å². The monoisotopic (exact) mass is 505 g/mol.